The topological polar surface area (TPSA) is 103 Å². The molecule has 0 spiro atoms. The predicted molar refractivity (Wildman–Crippen MR) is 138 cm³/mol. The summed E-state index contributed by atoms with van der Waals surface area (Å²) in [5, 5.41) is 10.3. The van der Waals surface area contributed by atoms with E-state index >= 15 is 8.78 Å². The molecule has 1 N–H and O–H groups in total. The van der Waals surface area contributed by atoms with Gasteiger partial charge in [-0.1, -0.05) is 11.6 Å². The Morgan fingerprint density at radius 1 is 0.878 bits per heavy atom. The summed E-state index contributed by atoms with van der Waals surface area (Å²) in [6.07, 6.45) is 2.74. The van der Waals surface area contributed by atoms with Crippen LogP contribution in [0, 0.1) is 29.1 Å². The molecule has 3 aromatic heterocycles. The van der Waals surface area contributed by atoms with Crippen LogP contribution in [0.4, 0.5) is 22.0 Å². The van der Waals surface area contributed by atoms with Gasteiger partial charge in [-0.05, 0) is 35.9 Å². The van der Waals surface area contributed by atoms with Crippen LogP contribution in [0.15, 0.2) is 52.4 Å². The summed E-state index contributed by atoms with van der Waals surface area (Å²) in [6, 6.07) is 4.85. The fourth-order valence-electron chi connectivity index (χ4n) is 4.67. The van der Waals surface area contributed by atoms with Crippen LogP contribution in [0.1, 0.15) is 11.4 Å². The normalized spacial score (nSPS) is 11.7. The molecule has 0 saturated carbocycles. The van der Waals surface area contributed by atoms with Crippen molar-refractivity contribution in [3.8, 4) is 11.1 Å². The monoisotopic (exact) mass is 587 g/mol. The predicted octanol–water partition coefficient (Wildman–Crippen LogP) is 4.28. The van der Waals surface area contributed by atoms with Crippen LogP contribution in [0.5, 0.6) is 0 Å². The minimum atomic E-state index is -1.75. The summed E-state index contributed by atoms with van der Waals surface area (Å²) in [6.45, 7) is -1.28. The van der Waals surface area contributed by atoms with Gasteiger partial charge in [-0.3, -0.25) is 23.7 Å². The Morgan fingerprint density at radius 2 is 1.61 bits per heavy atom. The van der Waals surface area contributed by atoms with E-state index in [1.165, 1.54) is 36.4 Å². The van der Waals surface area contributed by atoms with E-state index in [-0.39, 0.29) is 22.0 Å². The van der Waals surface area contributed by atoms with Gasteiger partial charge in [0.1, 0.15) is 17.5 Å². The highest BCUT2D eigenvalue weighted by molar-refractivity contribution is 6.34. The van der Waals surface area contributed by atoms with E-state index in [0.717, 1.165) is 6.07 Å². The lowest BCUT2D eigenvalue weighted by atomic mass is 10.0. The third-order valence-corrected chi connectivity index (χ3v) is 6.84. The van der Waals surface area contributed by atoms with E-state index in [0.29, 0.717) is 32.2 Å². The standard InChI is InChI=1S/C26H15ClF5N7O2/c1-37-10-33-20(36-37)9-39-25(40)21-16(28)5-14(13-4-12-7-34-35-19(12)6-15(13)27)22(31)24(21)38(26(39)41)8-11-2-17(29)23(32)18(30)3-11/h2-7,10H,8-9H2,1H3,(H,34,35). The second-order valence-corrected chi connectivity index (χ2v) is 9.61. The third-order valence-electron chi connectivity index (χ3n) is 6.53. The maximum Gasteiger partial charge on any atom is 0.332 e. The average Bonchev–Trinajstić information content (AvgIpc) is 3.56. The van der Waals surface area contributed by atoms with E-state index in [9.17, 15) is 22.8 Å². The van der Waals surface area contributed by atoms with Crippen LogP contribution in [0.3, 0.4) is 0 Å². The van der Waals surface area contributed by atoms with Crippen LogP contribution in [0.25, 0.3) is 32.9 Å². The molecule has 0 saturated heterocycles. The summed E-state index contributed by atoms with van der Waals surface area (Å²) in [5.74, 6) is -7.26. The zero-order valence-corrected chi connectivity index (χ0v) is 21.5. The van der Waals surface area contributed by atoms with Gasteiger partial charge in [0, 0.05) is 23.6 Å². The van der Waals surface area contributed by atoms with Crippen molar-refractivity contribution in [3.63, 3.8) is 0 Å². The molecular weight excluding hydrogens is 573 g/mol. The molecule has 0 atom stereocenters. The Balaban J connectivity index is 1.67. The van der Waals surface area contributed by atoms with Crippen molar-refractivity contribution < 1.29 is 22.0 Å². The molecule has 0 aliphatic rings. The fraction of sp³-hybridized carbons (Fsp3) is 0.115. The number of hydrogen-bond acceptors (Lipinski definition) is 5. The van der Waals surface area contributed by atoms with Crippen LogP contribution < -0.4 is 11.2 Å². The number of hydrogen-bond donors (Lipinski definition) is 1. The average molecular weight is 588 g/mol. The summed E-state index contributed by atoms with van der Waals surface area (Å²) in [4.78, 5) is 31.0. The van der Waals surface area contributed by atoms with Gasteiger partial charge in [0.15, 0.2) is 29.1 Å². The maximum absolute atomic E-state index is 16.4. The lowest BCUT2D eigenvalue weighted by Crippen LogP contribution is -2.41. The van der Waals surface area contributed by atoms with E-state index < -0.39 is 69.9 Å². The number of benzene rings is 3. The number of aromatic amines is 1. The van der Waals surface area contributed by atoms with Crippen molar-refractivity contribution in [1.82, 2.24) is 34.1 Å². The number of H-pyrrole nitrogens is 1. The fourth-order valence-corrected chi connectivity index (χ4v) is 4.93. The van der Waals surface area contributed by atoms with Gasteiger partial charge in [-0.15, -0.1) is 0 Å². The third kappa shape index (κ3) is 4.36. The quantitative estimate of drug-likeness (QED) is 0.240. The number of aryl methyl sites for hydroxylation is 1. The molecule has 0 amide bonds. The first kappa shape index (κ1) is 26.4. The number of halogens is 6. The second kappa shape index (κ2) is 9.66. The van der Waals surface area contributed by atoms with E-state index in [4.69, 9.17) is 11.6 Å². The molecule has 6 rings (SSSR count). The first-order chi connectivity index (χ1) is 19.5. The van der Waals surface area contributed by atoms with Gasteiger partial charge in [0.25, 0.3) is 5.56 Å². The molecular formula is C26H15ClF5N7O2. The molecule has 208 valence electrons. The molecule has 15 heteroatoms. The first-order valence-electron chi connectivity index (χ1n) is 11.8. The highest BCUT2D eigenvalue weighted by atomic mass is 35.5. The molecule has 0 fully saturated rings. The molecule has 0 aliphatic carbocycles. The van der Waals surface area contributed by atoms with Crippen molar-refractivity contribution in [1.29, 1.82) is 0 Å². The highest BCUT2D eigenvalue weighted by Gasteiger charge is 2.25. The van der Waals surface area contributed by atoms with Gasteiger partial charge >= 0.3 is 5.69 Å². The van der Waals surface area contributed by atoms with Gasteiger partial charge in [-0.2, -0.15) is 10.2 Å². The van der Waals surface area contributed by atoms with Crippen LogP contribution in [0.2, 0.25) is 5.02 Å². The SMILES string of the molecule is Cn1cnc(Cn2c(=O)c3c(F)cc(-c4cc5cn[nH]c5cc4Cl)c(F)c3n(Cc3cc(F)c(F)c(F)c3)c2=O)n1. The van der Waals surface area contributed by atoms with Crippen molar-refractivity contribution in [2.45, 2.75) is 13.1 Å². The number of rotatable bonds is 5. The van der Waals surface area contributed by atoms with Gasteiger partial charge in [0.05, 0.1) is 35.3 Å². The molecule has 41 heavy (non-hydrogen) atoms. The van der Waals surface area contributed by atoms with E-state index in [2.05, 4.69) is 20.3 Å². The zero-order valence-electron chi connectivity index (χ0n) is 20.7. The summed E-state index contributed by atoms with van der Waals surface area (Å²) in [5.41, 5.74) is -3.28. The molecule has 9 nitrogen and oxygen atoms in total. The minimum absolute atomic E-state index is 0.00513. The lowest BCUT2D eigenvalue weighted by Gasteiger charge is -2.17. The molecule has 0 unspecified atom stereocenters. The van der Waals surface area contributed by atoms with Crippen molar-refractivity contribution in [3.05, 3.63) is 109 Å². The van der Waals surface area contributed by atoms with Crippen LogP contribution >= 0.6 is 11.6 Å². The van der Waals surface area contributed by atoms with Crippen LogP contribution in [-0.2, 0) is 20.1 Å². The van der Waals surface area contributed by atoms with E-state index in [1.54, 1.807) is 0 Å². The molecule has 0 aliphatic heterocycles. The van der Waals surface area contributed by atoms with Gasteiger partial charge < -0.3 is 0 Å². The zero-order chi connectivity index (χ0) is 29.2. The Morgan fingerprint density at radius 3 is 2.29 bits per heavy atom. The van der Waals surface area contributed by atoms with E-state index in [1.807, 2.05) is 0 Å². The summed E-state index contributed by atoms with van der Waals surface area (Å²) >= 11 is 6.36. The van der Waals surface area contributed by atoms with Crippen molar-refractivity contribution in [2.24, 2.45) is 7.05 Å². The largest absolute Gasteiger partial charge is 0.332 e. The summed E-state index contributed by atoms with van der Waals surface area (Å²) in [7, 11) is 1.54. The van der Waals surface area contributed by atoms with Crippen molar-refractivity contribution >= 4 is 33.4 Å². The molecule has 6 aromatic rings. The van der Waals surface area contributed by atoms with Crippen molar-refractivity contribution in [2.75, 3.05) is 0 Å². The number of nitrogens with one attached hydrogen (secondary N) is 1. The van der Waals surface area contributed by atoms with Gasteiger partial charge in [-0.25, -0.2) is 31.7 Å². The second-order valence-electron chi connectivity index (χ2n) is 9.20. The molecule has 3 heterocycles. The molecule has 0 radical (unpaired) electrons. The number of nitrogens with zero attached hydrogens (tertiary/aromatic N) is 6. The summed E-state index contributed by atoms with van der Waals surface area (Å²) < 4.78 is 76.3. The lowest BCUT2D eigenvalue weighted by molar-refractivity contribution is 0.444. The maximum atomic E-state index is 16.4. The molecule has 0 bridgehead atoms. The number of fused-ring (bicyclic) bond motifs is 2. The molecule has 3 aromatic carbocycles. The van der Waals surface area contributed by atoms with Gasteiger partial charge in [0.2, 0.25) is 0 Å². The van der Waals surface area contributed by atoms with Crippen LogP contribution in [-0.4, -0.2) is 34.1 Å². The Labute approximate surface area is 230 Å². The minimum Gasteiger partial charge on any atom is -0.286 e. The highest BCUT2D eigenvalue weighted by Crippen LogP contribution is 2.36. The first-order valence-corrected chi connectivity index (χ1v) is 12.2. The Bertz CT molecular complexity index is 2130. The Kier molecular flexibility index (Phi) is 6.21. The smallest absolute Gasteiger partial charge is 0.286 e. The number of aromatic nitrogens is 7. The Hall–Kier alpha value is -4.85.